The molecule has 15 heteroatoms. The highest BCUT2D eigenvalue weighted by molar-refractivity contribution is 7.51. The van der Waals surface area contributed by atoms with Crippen LogP contribution in [0, 0.1) is 0 Å². The third-order valence-electron chi connectivity index (χ3n) is 7.20. The van der Waals surface area contributed by atoms with Gasteiger partial charge in [-0.2, -0.15) is 0 Å². The number of rotatable bonds is 11. The van der Waals surface area contributed by atoms with E-state index in [0.29, 0.717) is 50.1 Å². The zero-order valence-corrected chi connectivity index (χ0v) is 25.2. The third-order valence-corrected chi connectivity index (χ3v) is 8.04. The molecule has 0 aliphatic carbocycles. The maximum atomic E-state index is 13.6. The summed E-state index contributed by atoms with van der Waals surface area (Å²) in [6, 6.07) is 9.50. The molecule has 2 aromatic rings. The zero-order chi connectivity index (χ0) is 30.8. The first-order valence-electron chi connectivity index (χ1n) is 14.5. The summed E-state index contributed by atoms with van der Waals surface area (Å²) in [6.07, 6.45) is 0.347. The van der Waals surface area contributed by atoms with E-state index in [9.17, 15) is 28.7 Å². The number of nitrogens with one attached hydrogen (secondary N) is 1. The third kappa shape index (κ3) is 9.45. The van der Waals surface area contributed by atoms with Crippen LogP contribution in [-0.2, 0) is 18.8 Å². The van der Waals surface area contributed by atoms with E-state index in [0.717, 1.165) is 12.8 Å². The van der Waals surface area contributed by atoms with Crippen LogP contribution in [0.2, 0.25) is 0 Å². The van der Waals surface area contributed by atoms with E-state index in [1.54, 1.807) is 6.07 Å². The molecule has 0 spiro atoms. The van der Waals surface area contributed by atoms with Crippen molar-refractivity contribution in [2.45, 2.75) is 32.2 Å². The second-order valence-corrected chi connectivity index (χ2v) is 12.2. The van der Waals surface area contributed by atoms with Gasteiger partial charge in [-0.1, -0.05) is 43.7 Å². The Hall–Kier alpha value is -3.58. The Bertz CT molecular complexity index is 1300. The number of hydrogen-bond donors (Lipinski definition) is 3. The lowest BCUT2D eigenvalue weighted by molar-refractivity contribution is -0.134. The largest absolute Gasteiger partial charge is 0.449 e. The second kappa shape index (κ2) is 15.2. The Morgan fingerprint density at radius 3 is 2.35 bits per heavy atom. The Morgan fingerprint density at radius 1 is 1.02 bits per heavy atom. The molecular formula is C28H39N6O8P. The number of anilines is 1. The van der Waals surface area contributed by atoms with Gasteiger partial charge in [0.2, 0.25) is 5.91 Å². The SMILES string of the molecule is CCCCOC(=O)N1CCN(C(=O)[C@H](CCP(=O)(O)O)NC(=O)c2cc(N3CCOCC3)nc(-c3ccccc3)n2)CC1. The van der Waals surface area contributed by atoms with Crippen molar-refractivity contribution in [1.29, 1.82) is 0 Å². The molecule has 1 atom stereocenters. The molecule has 3 heterocycles. The monoisotopic (exact) mass is 618 g/mol. The lowest BCUT2D eigenvalue weighted by atomic mass is 10.1. The number of aromatic nitrogens is 2. The molecule has 0 saturated carbocycles. The molecule has 0 unspecified atom stereocenters. The van der Waals surface area contributed by atoms with Crippen LogP contribution in [0.15, 0.2) is 36.4 Å². The van der Waals surface area contributed by atoms with Gasteiger partial charge in [0, 0.05) is 50.9 Å². The maximum Gasteiger partial charge on any atom is 0.409 e. The molecule has 14 nitrogen and oxygen atoms in total. The van der Waals surface area contributed by atoms with Crippen LogP contribution in [0.4, 0.5) is 10.6 Å². The van der Waals surface area contributed by atoms with Crippen molar-refractivity contribution < 1.29 is 38.2 Å². The summed E-state index contributed by atoms with van der Waals surface area (Å²) in [4.78, 5) is 72.6. The molecule has 4 rings (SSSR count). The van der Waals surface area contributed by atoms with E-state index in [4.69, 9.17) is 9.47 Å². The molecule has 1 aromatic heterocycles. The Balaban J connectivity index is 1.51. The fraction of sp³-hybridized carbons (Fsp3) is 0.536. The highest BCUT2D eigenvalue weighted by atomic mass is 31.2. The van der Waals surface area contributed by atoms with E-state index in [1.165, 1.54) is 9.80 Å². The van der Waals surface area contributed by atoms with Crippen LogP contribution in [0.1, 0.15) is 36.7 Å². The minimum Gasteiger partial charge on any atom is -0.449 e. The van der Waals surface area contributed by atoms with Gasteiger partial charge in [-0.15, -0.1) is 0 Å². The number of carbonyl (C=O) groups is 3. The lowest BCUT2D eigenvalue weighted by Gasteiger charge is -2.36. The van der Waals surface area contributed by atoms with Gasteiger partial charge >= 0.3 is 13.7 Å². The number of benzene rings is 1. The summed E-state index contributed by atoms with van der Waals surface area (Å²) < 4.78 is 22.4. The number of nitrogens with zero attached hydrogens (tertiary/aromatic N) is 5. The molecule has 2 fully saturated rings. The Labute approximate surface area is 250 Å². The first kappa shape index (κ1) is 32.3. The van der Waals surface area contributed by atoms with Crippen molar-refractivity contribution in [3.05, 3.63) is 42.1 Å². The van der Waals surface area contributed by atoms with Crippen LogP contribution in [0.25, 0.3) is 11.4 Å². The molecule has 2 aliphatic heterocycles. The summed E-state index contributed by atoms with van der Waals surface area (Å²) in [7, 11) is -4.46. The Morgan fingerprint density at radius 2 is 1.70 bits per heavy atom. The predicted molar refractivity (Wildman–Crippen MR) is 158 cm³/mol. The van der Waals surface area contributed by atoms with Gasteiger partial charge in [-0.05, 0) is 12.8 Å². The number of morpholine rings is 1. The van der Waals surface area contributed by atoms with Gasteiger partial charge in [0.15, 0.2) is 5.82 Å². The normalized spacial score (nSPS) is 16.5. The van der Waals surface area contributed by atoms with Gasteiger partial charge in [0.25, 0.3) is 5.91 Å². The fourth-order valence-corrected chi connectivity index (χ4v) is 5.33. The molecule has 0 bridgehead atoms. The first-order valence-corrected chi connectivity index (χ1v) is 16.3. The van der Waals surface area contributed by atoms with Crippen LogP contribution in [0.3, 0.4) is 0 Å². The van der Waals surface area contributed by atoms with E-state index >= 15 is 0 Å². The van der Waals surface area contributed by atoms with Crippen LogP contribution in [-0.4, -0.2) is 119 Å². The molecule has 43 heavy (non-hydrogen) atoms. The smallest absolute Gasteiger partial charge is 0.409 e. The minimum atomic E-state index is -4.46. The molecule has 0 radical (unpaired) electrons. The number of amides is 3. The van der Waals surface area contributed by atoms with Gasteiger partial charge in [0.1, 0.15) is 17.6 Å². The van der Waals surface area contributed by atoms with Crippen LogP contribution >= 0.6 is 7.60 Å². The molecule has 1 aromatic carbocycles. The summed E-state index contributed by atoms with van der Waals surface area (Å²) >= 11 is 0. The average Bonchev–Trinajstić information content (AvgIpc) is 3.03. The van der Waals surface area contributed by atoms with Gasteiger partial charge < -0.3 is 39.3 Å². The minimum absolute atomic E-state index is 0.0176. The van der Waals surface area contributed by atoms with Gasteiger partial charge in [0.05, 0.1) is 26.0 Å². The van der Waals surface area contributed by atoms with E-state index in [-0.39, 0.29) is 38.3 Å². The summed E-state index contributed by atoms with van der Waals surface area (Å²) in [6.45, 7) is 5.36. The van der Waals surface area contributed by atoms with Crippen molar-refractivity contribution in [2.24, 2.45) is 0 Å². The number of hydrogen-bond acceptors (Lipinski definition) is 9. The number of piperazine rings is 1. The molecular weight excluding hydrogens is 579 g/mol. The highest BCUT2D eigenvalue weighted by Gasteiger charge is 2.32. The van der Waals surface area contributed by atoms with Crippen LogP contribution in [0.5, 0.6) is 0 Å². The highest BCUT2D eigenvalue weighted by Crippen LogP contribution is 2.35. The average molecular weight is 619 g/mol. The summed E-state index contributed by atoms with van der Waals surface area (Å²) in [5, 5.41) is 2.67. The topological polar surface area (TPSA) is 175 Å². The number of unbranched alkanes of at least 4 members (excludes halogenated alkanes) is 1. The fourth-order valence-electron chi connectivity index (χ4n) is 4.73. The molecule has 2 aliphatic rings. The van der Waals surface area contributed by atoms with Gasteiger partial charge in [-0.25, -0.2) is 14.8 Å². The van der Waals surface area contributed by atoms with Crippen molar-refractivity contribution in [3.8, 4) is 11.4 Å². The first-order chi connectivity index (χ1) is 20.6. The van der Waals surface area contributed by atoms with E-state index < -0.39 is 37.7 Å². The summed E-state index contributed by atoms with van der Waals surface area (Å²) in [5.74, 6) is -0.306. The van der Waals surface area contributed by atoms with Crippen LogP contribution < -0.4 is 10.2 Å². The zero-order valence-electron chi connectivity index (χ0n) is 24.3. The van der Waals surface area contributed by atoms with Crippen molar-refractivity contribution in [2.75, 3.05) is 70.2 Å². The molecule has 234 valence electrons. The quantitative estimate of drug-likeness (QED) is 0.247. The van der Waals surface area contributed by atoms with Crippen molar-refractivity contribution in [1.82, 2.24) is 25.1 Å². The lowest BCUT2D eigenvalue weighted by Crippen LogP contribution is -2.56. The van der Waals surface area contributed by atoms with Crippen molar-refractivity contribution >= 4 is 31.3 Å². The molecule has 3 amide bonds. The van der Waals surface area contributed by atoms with E-state index in [1.807, 2.05) is 42.2 Å². The summed E-state index contributed by atoms with van der Waals surface area (Å²) in [5.41, 5.74) is 0.718. The molecule has 3 N–H and O–H groups in total. The number of ether oxygens (including phenoxy) is 2. The second-order valence-electron chi connectivity index (χ2n) is 10.4. The van der Waals surface area contributed by atoms with E-state index in [2.05, 4.69) is 15.3 Å². The standard InChI is InChI=1S/C28H39N6O8P/c1-2-3-16-42-28(37)34-12-10-33(11-13-34)27(36)22(9-19-43(38,39)40)30-26(35)23-20-24(32-14-17-41-18-15-32)31-25(29-23)21-7-5-4-6-8-21/h4-8,20,22H,2-3,9-19H2,1H3,(H,30,35)(H2,38,39,40)/t22-/m0/s1. The molecule has 2 saturated heterocycles. The van der Waals surface area contributed by atoms with Crippen molar-refractivity contribution in [3.63, 3.8) is 0 Å². The number of carbonyl (C=O) groups excluding carboxylic acids is 3. The predicted octanol–water partition coefficient (Wildman–Crippen LogP) is 1.73. The Kier molecular flexibility index (Phi) is 11.5. The van der Waals surface area contributed by atoms with Gasteiger partial charge in [-0.3, -0.25) is 14.2 Å². The maximum absolute atomic E-state index is 13.6.